The van der Waals surface area contributed by atoms with E-state index in [0.717, 1.165) is 6.07 Å². The number of pyridine rings is 1. The van der Waals surface area contributed by atoms with Gasteiger partial charge >= 0.3 is 0 Å². The van der Waals surface area contributed by atoms with Gasteiger partial charge in [-0.1, -0.05) is 11.6 Å². The van der Waals surface area contributed by atoms with Gasteiger partial charge in [0.05, 0.1) is 14.4 Å². The minimum Gasteiger partial charge on any atom is -0.385 e. The predicted octanol–water partition coefficient (Wildman–Crippen LogP) is 3.42. The molecule has 1 aromatic carbocycles. The van der Waals surface area contributed by atoms with Crippen LogP contribution in [0.25, 0.3) is 0 Å². The SMILES string of the molecule is [2H]Cc1c(C(=O)Nc2cc(F)c(F)c(C3(C(F)F)COCC(N)=N3)c2)nc([2H])c(Cl)c1[2H]. The van der Waals surface area contributed by atoms with Crippen LogP contribution >= 0.6 is 11.6 Å². The van der Waals surface area contributed by atoms with E-state index in [1.54, 1.807) is 0 Å². The van der Waals surface area contributed by atoms with E-state index >= 15 is 0 Å². The quantitative estimate of drug-likeness (QED) is 0.723. The van der Waals surface area contributed by atoms with Crippen molar-refractivity contribution in [3.05, 3.63) is 57.8 Å². The van der Waals surface area contributed by atoms with Gasteiger partial charge in [-0.15, -0.1) is 0 Å². The fraction of sp³-hybridized carbons (Fsp3) is 0.278. The van der Waals surface area contributed by atoms with Gasteiger partial charge in [-0.05, 0) is 24.6 Å². The van der Waals surface area contributed by atoms with E-state index in [1.165, 1.54) is 0 Å². The van der Waals surface area contributed by atoms with Crippen molar-refractivity contribution >= 4 is 29.0 Å². The second-order valence-electron chi connectivity index (χ2n) is 6.08. The highest BCUT2D eigenvalue weighted by atomic mass is 35.5. The van der Waals surface area contributed by atoms with Gasteiger partial charge in [-0.3, -0.25) is 9.79 Å². The number of amidine groups is 1. The van der Waals surface area contributed by atoms with Gasteiger partial charge in [-0.2, -0.15) is 0 Å². The van der Waals surface area contributed by atoms with Crippen LogP contribution in [0.3, 0.4) is 0 Å². The summed E-state index contributed by atoms with van der Waals surface area (Å²) >= 11 is 5.75. The fourth-order valence-corrected chi connectivity index (χ4v) is 2.90. The molecule has 1 aromatic heterocycles. The number of carbonyl (C=O) groups is 1. The Morgan fingerprint density at radius 2 is 2.24 bits per heavy atom. The Morgan fingerprint density at radius 1 is 1.48 bits per heavy atom. The summed E-state index contributed by atoms with van der Waals surface area (Å²) in [6.45, 7) is -1.64. The molecule has 1 atom stereocenters. The zero-order valence-electron chi connectivity index (χ0n) is 17.5. The number of amides is 1. The topological polar surface area (TPSA) is 89.6 Å². The molecule has 1 aliphatic rings. The predicted molar refractivity (Wildman–Crippen MR) is 98.4 cm³/mol. The number of nitrogens with two attached hydrogens (primary N) is 1. The molecular weight excluding hydrogens is 416 g/mol. The van der Waals surface area contributed by atoms with E-state index in [2.05, 4.69) is 15.3 Å². The van der Waals surface area contributed by atoms with Crippen molar-refractivity contribution in [1.29, 1.82) is 0 Å². The molecule has 0 radical (unpaired) electrons. The van der Waals surface area contributed by atoms with Crippen molar-refractivity contribution in [1.82, 2.24) is 4.98 Å². The fourth-order valence-electron chi connectivity index (χ4n) is 2.75. The van der Waals surface area contributed by atoms with Crippen LogP contribution in [0.2, 0.25) is 5.02 Å². The number of aliphatic imine (C=N–C) groups is 1. The Kier molecular flexibility index (Phi) is 4.71. The van der Waals surface area contributed by atoms with Gasteiger partial charge in [0.2, 0.25) is 0 Å². The second kappa shape index (κ2) is 7.96. The lowest BCUT2D eigenvalue weighted by molar-refractivity contribution is -0.0148. The molecule has 29 heavy (non-hydrogen) atoms. The lowest BCUT2D eigenvalue weighted by Gasteiger charge is -2.33. The van der Waals surface area contributed by atoms with Crippen molar-refractivity contribution in [3.8, 4) is 0 Å². The molecule has 11 heteroatoms. The largest absolute Gasteiger partial charge is 0.385 e. The highest BCUT2D eigenvalue weighted by Gasteiger charge is 2.47. The number of nitrogens with zero attached hydrogens (tertiary/aromatic N) is 2. The highest BCUT2D eigenvalue weighted by molar-refractivity contribution is 6.30. The molecule has 1 unspecified atom stereocenters. The number of anilines is 1. The van der Waals surface area contributed by atoms with Gasteiger partial charge in [0.1, 0.15) is 18.1 Å². The molecule has 0 aliphatic carbocycles. The lowest BCUT2D eigenvalue weighted by atomic mass is 9.89. The maximum atomic E-state index is 14.5. The molecule has 154 valence electrons. The molecule has 0 saturated heterocycles. The molecule has 2 aromatic rings. The number of hydrogen-bond donors (Lipinski definition) is 2. The number of alkyl halides is 2. The van der Waals surface area contributed by atoms with Crippen LogP contribution in [-0.2, 0) is 10.3 Å². The third-order valence-corrected chi connectivity index (χ3v) is 4.24. The highest BCUT2D eigenvalue weighted by Crippen LogP contribution is 2.38. The van der Waals surface area contributed by atoms with Gasteiger partial charge in [0, 0.05) is 24.9 Å². The van der Waals surface area contributed by atoms with Crippen LogP contribution in [0.1, 0.15) is 25.7 Å². The standard InChI is InChI=1S/C18H15ClF4N4O2/c1-8-2-9(19)5-25-15(8)16(28)26-10-3-11(14(21)12(20)4-10)18(17(22)23)7-29-6-13(24)27-18/h2-5,17H,6-7H2,1H3,(H2,24,27)(H,26,28)/i1D,2D,5D. The minimum atomic E-state index is -3.33. The Morgan fingerprint density at radius 3 is 2.90 bits per heavy atom. The van der Waals surface area contributed by atoms with E-state index in [0.29, 0.717) is 6.07 Å². The van der Waals surface area contributed by atoms with Crippen LogP contribution in [0, 0.1) is 18.5 Å². The van der Waals surface area contributed by atoms with Crippen molar-refractivity contribution in [2.45, 2.75) is 18.9 Å². The number of nitrogens with one attached hydrogen (secondary N) is 1. The molecule has 2 heterocycles. The summed E-state index contributed by atoms with van der Waals surface area (Å²) in [5.41, 5.74) is 0.779. The summed E-state index contributed by atoms with van der Waals surface area (Å²) in [7, 11) is 0. The minimum absolute atomic E-state index is 0.214. The summed E-state index contributed by atoms with van der Waals surface area (Å²) in [6.07, 6.45) is -3.93. The first-order chi connectivity index (χ1) is 15.0. The van der Waals surface area contributed by atoms with E-state index in [9.17, 15) is 22.4 Å². The molecule has 0 bridgehead atoms. The third-order valence-electron chi connectivity index (χ3n) is 4.06. The average Bonchev–Trinajstić information content (AvgIpc) is 2.73. The normalized spacial score (nSPS) is 20.6. The molecule has 3 N–H and O–H groups in total. The number of aromatic nitrogens is 1. The number of ether oxygens (including phenoxy) is 1. The average molecular weight is 434 g/mol. The van der Waals surface area contributed by atoms with Crippen LogP contribution in [-0.4, -0.2) is 36.4 Å². The summed E-state index contributed by atoms with van der Waals surface area (Å²) in [6, 6.07) is 0.846. The van der Waals surface area contributed by atoms with E-state index in [-0.39, 0.29) is 23.0 Å². The smallest absolute Gasteiger partial charge is 0.274 e. The van der Waals surface area contributed by atoms with Gasteiger partial charge in [0.15, 0.2) is 17.2 Å². The van der Waals surface area contributed by atoms with Crippen molar-refractivity contribution in [3.63, 3.8) is 0 Å². The van der Waals surface area contributed by atoms with Crippen molar-refractivity contribution < 1.29 is 31.2 Å². The first kappa shape index (κ1) is 17.2. The second-order valence-corrected chi connectivity index (χ2v) is 6.46. The number of rotatable bonds is 4. The first-order valence-electron chi connectivity index (χ1n) is 9.68. The Bertz CT molecular complexity index is 1120. The summed E-state index contributed by atoms with van der Waals surface area (Å²) in [4.78, 5) is 19.9. The number of carbonyl (C=O) groups excluding carboxylic acids is 1. The number of halogens is 5. The van der Waals surface area contributed by atoms with E-state index < -0.39 is 72.2 Å². The van der Waals surface area contributed by atoms with Crippen molar-refractivity contribution in [2.24, 2.45) is 10.7 Å². The van der Waals surface area contributed by atoms with Gasteiger partial charge in [0.25, 0.3) is 12.3 Å². The molecule has 1 amide bonds. The summed E-state index contributed by atoms with van der Waals surface area (Å²) in [5, 5.41) is 1.79. The summed E-state index contributed by atoms with van der Waals surface area (Å²) < 4.78 is 84.6. The molecule has 0 saturated carbocycles. The Balaban J connectivity index is 2.08. The zero-order chi connectivity index (χ0) is 23.8. The zero-order valence-corrected chi connectivity index (χ0v) is 15.3. The van der Waals surface area contributed by atoms with Crippen LogP contribution in [0.4, 0.5) is 23.2 Å². The van der Waals surface area contributed by atoms with Crippen LogP contribution in [0.5, 0.6) is 0 Å². The monoisotopic (exact) mass is 433 g/mol. The van der Waals surface area contributed by atoms with Crippen LogP contribution < -0.4 is 11.1 Å². The number of benzene rings is 1. The van der Waals surface area contributed by atoms with E-state index in [1.807, 2.05) is 0 Å². The van der Waals surface area contributed by atoms with Crippen molar-refractivity contribution in [2.75, 3.05) is 18.5 Å². The molecule has 3 rings (SSSR count). The molecule has 0 fully saturated rings. The van der Waals surface area contributed by atoms with E-state index in [4.69, 9.17) is 26.2 Å². The first-order valence-corrected chi connectivity index (χ1v) is 8.35. The number of hydrogen-bond acceptors (Lipinski definition) is 5. The molecule has 0 spiro atoms. The molecule has 6 nitrogen and oxygen atoms in total. The Labute approximate surface area is 171 Å². The lowest BCUT2D eigenvalue weighted by Crippen LogP contribution is -2.45. The Hall–Kier alpha value is -2.72. The third kappa shape index (κ3) is 4.03. The van der Waals surface area contributed by atoms with Gasteiger partial charge in [-0.25, -0.2) is 22.5 Å². The maximum absolute atomic E-state index is 14.5. The van der Waals surface area contributed by atoms with Crippen LogP contribution in [0.15, 0.2) is 29.3 Å². The maximum Gasteiger partial charge on any atom is 0.274 e. The summed E-state index contributed by atoms with van der Waals surface area (Å²) in [5.74, 6) is -4.60. The van der Waals surface area contributed by atoms with Gasteiger partial charge < -0.3 is 15.8 Å². The molecular formula is C18H15ClF4N4O2. The molecule has 1 aliphatic heterocycles.